The Labute approximate surface area is 189 Å². The monoisotopic (exact) mass is 532 g/mol. The van der Waals surface area contributed by atoms with Crippen molar-refractivity contribution in [3.63, 3.8) is 0 Å². The summed E-state index contributed by atoms with van der Waals surface area (Å²) in [6, 6.07) is 7.33. The molecule has 30 heavy (non-hydrogen) atoms. The summed E-state index contributed by atoms with van der Waals surface area (Å²) in [6.45, 7) is 1.95. The number of aldehydes is 1. The van der Waals surface area contributed by atoms with Gasteiger partial charge in [-0.25, -0.2) is 9.37 Å². The van der Waals surface area contributed by atoms with E-state index in [9.17, 15) is 4.79 Å². The number of hydrogen-bond acceptors (Lipinski definition) is 5. The smallest absolute Gasteiger partial charge is 0.151 e. The molecular formula is C22H18FIN4OS. The van der Waals surface area contributed by atoms with Crippen molar-refractivity contribution in [3.8, 4) is 11.1 Å². The highest BCUT2D eigenvalue weighted by Gasteiger charge is 2.19. The third-order valence-corrected chi connectivity index (χ3v) is 7.33. The van der Waals surface area contributed by atoms with E-state index in [1.165, 1.54) is 21.6 Å². The first-order chi connectivity index (χ1) is 14.7. The Hall–Kier alpha value is -2.20. The van der Waals surface area contributed by atoms with E-state index in [4.69, 9.17) is 0 Å². The number of rotatable bonds is 4. The first-order valence-corrected chi connectivity index (χ1v) is 13.1. The van der Waals surface area contributed by atoms with Crippen LogP contribution in [-0.2, 0) is 0 Å². The van der Waals surface area contributed by atoms with E-state index in [1.54, 1.807) is 12.4 Å². The van der Waals surface area contributed by atoms with Gasteiger partial charge in [0.05, 0.1) is 0 Å². The third-order valence-electron chi connectivity index (χ3n) is 5.63. The van der Waals surface area contributed by atoms with Crippen LogP contribution in [-0.4, -0.2) is 33.3 Å². The van der Waals surface area contributed by atoms with Crippen LogP contribution in [0.4, 0.5) is 10.1 Å². The lowest BCUT2D eigenvalue weighted by Crippen LogP contribution is -2.29. The minimum Gasteiger partial charge on any atom is -0.371 e. The van der Waals surface area contributed by atoms with Crippen molar-refractivity contribution in [3.05, 3.63) is 54.2 Å². The van der Waals surface area contributed by atoms with Gasteiger partial charge in [-0.15, -0.1) is 0 Å². The molecule has 0 radical (unpaired) electrons. The molecule has 0 bridgehead atoms. The molecule has 152 valence electrons. The maximum atomic E-state index is 15.1. The maximum Gasteiger partial charge on any atom is 0.151 e. The fourth-order valence-corrected chi connectivity index (χ4v) is 5.46. The number of pyridine rings is 2. The van der Waals surface area contributed by atoms with Crippen molar-refractivity contribution in [2.24, 2.45) is 0 Å². The van der Waals surface area contributed by atoms with E-state index in [2.05, 4.69) is 36.1 Å². The van der Waals surface area contributed by atoms with Gasteiger partial charge in [0.25, 0.3) is 0 Å². The second-order valence-corrected chi connectivity index (χ2v) is 9.14. The summed E-state index contributed by atoms with van der Waals surface area (Å²) in [7, 11) is 1.48. The molecule has 0 atom stereocenters. The van der Waals surface area contributed by atoms with Gasteiger partial charge in [0.15, 0.2) is 11.9 Å². The second-order valence-electron chi connectivity index (χ2n) is 7.43. The minimum atomic E-state index is -0.344. The topological polar surface area (TPSA) is 51.0 Å². The van der Waals surface area contributed by atoms with Crippen molar-refractivity contribution in [2.75, 3.05) is 18.0 Å². The summed E-state index contributed by atoms with van der Waals surface area (Å²) in [5.74, 6) is -0.344. The van der Waals surface area contributed by atoms with Crippen LogP contribution in [0.2, 0.25) is 0 Å². The van der Waals surface area contributed by atoms with Crippen LogP contribution in [0.25, 0.3) is 33.1 Å². The number of carbonyl (C=O) groups is 1. The maximum absolute atomic E-state index is 15.1. The highest BCUT2D eigenvalue weighted by molar-refractivity contribution is 14.2. The molecule has 1 aliphatic rings. The van der Waals surface area contributed by atoms with Crippen LogP contribution in [0.15, 0.2) is 42.9 Å². The van der Waals surface area contributed by atoms with E-state index < -0.39 is 0 Å². The van der Waals surface area contributed by atoms with Gasteiger partial charge >= 0.3 is 0 Å². The third kappa shape index (κ3) is 3.35. The molecule has 5 rings (SSSR count). The predicted molar refractivity (Wildman–Crippen MR) is 129 cm³/mol. The number of fused-ring (bicyclic) bond motifs is 2. The highest BCUT2D eigenvalue weighted by atomic mass is 127. The van der Waals surface area contributed by atoms with Crippen molar-refractivity contribution in [1.82, 2.24) is 13.9 Å². The SMILES string of the molecule is O=Cc1cnc2c(c1)c(-c1cc(F)c3nccc(N4CCCCC4)c3c1)cn2SI. The largest absolute Gasteiger partial charge is 0.371 e. The minimum absolute atomic E-state index is 0.344. The summed E-state index contributed by atoms with van der Waals surface area (Å²) >= 11 is 2.19. The van der Waals surface area contributed by atoms with Crippen molar-refractivity contribution < 1.29 is 9.18 Å². The first-order valence-electron chi connectivity index (χ1n) is 9.78. The van der Waals surface area contributed by atoms with E-state index in [0.717, 1.165) is 65.5 Å². The zero-order valence-electron chi connectivity index (χ0n) is 16.0. The number of carbonyl (C=O) groups excluding carboxylic acids is 1. The quantitative estimate of drug-likeness (QED) is 0.237. The van der Waals surface area contributed by atoms with E-state index in [0.29, 0.717) is 11.1 Å². The molecule has 1 aliphatic heterocycles. The lowest BCUT2D eigenvalue weighted by atomic mass is 10.0. The molecule has 1 saturated heterocycles. The number of halogens is 2. The van der Waals surface area contributed by atoms with Crippen molar-refractivity contribution >= 4 is 64.2 Å². The van der Waals surface area contributed by atoms with Crippen LogP contribution in [0.3, 0.4) is 0 Å². The summed E-state index contributed by atoms with van der Waals surface area (Å²) in [5.41, 5.74) is 4.26. The molecule has 1 fully saturated rings. The Morgan fingerprint density at radius 1 is 1.10 bits per heavy atom. The highest BCUT2D eigenvalue weighted by Crippen LogP contribution is 2.38. The van der Waals surface area contributed by atoms with Crippen LogP contribution in [0, 0.1) is 5.82 Å². The average Bonchev–Trinajstić information content (AvgIpc) is 3.17. The van der Waals surface area contributed by atoms with Crippen molar-refractivity contribution in [2.45, 2.75) is 19.3 Å². The standard InChI is InChI=1S/C22H18FIN4OS/c23-19-10-15(18-12-28(30-24)22-16(18)8-14(13-29)11-26-22)9-17-20(4-5-25-21(17)19)27-6-2-1-3-7-27/h4-5,8-13H,1-3,6-7H2. The molecule has 4 aromatic rings. The molecule has 0 aliphatic carbocycles. The molecule has 1 aromatic carbocycles. The Morgan fingerprint density at radius 2 is 1.93 bits per heavy atom. The summed E-state index contributed by atoms with van der Waals surface area (Å²) in [5, 5.41) is 1.64. The van der Waals surface area contributed by atoms with Gasteiger partial charge in [-0.2, -0.15) is 0 Å². The Bertz CT molecular complexity index is 1270. The summed E-state index contributed by atoms with van der Waals surface area (Å²) in [6.07, 6.45) is 9.50. The molecular weight excluding hydrogens is 514 g/mol. The van der Waals surface area contributed by atoms with Gasteiger partial charge in [-0.3, -0.25) is 13.8 Å². The zero-order chi connectivity index (χ0) is 20.7. The molecule has 3 aromatic heterocycles. The van der Waals surface area contributed by atoms with Crippen molar-refractivity contribution in [1.29, 1.82) is 0 Å². The van der Waals surface area contributed by atoms with Crippen LogP contribution >= 0.6 is 30.3 Å². The summed E-state index contributed by atoms with van der Waals surface area (Å²) < 4.78 is 17.1. The van der Waals surface area contributed by atoms with Gasteiger partial charge in [0, 0.05) is 89.6 Å². The number of hydrogen-bond donors (Lipinski definition) is 0. The first kappa shape index (κ1) is 19.7. The van der Waals surface area contributed by atoms with Gasteiger partial charge in [0.2, 0.25) is 0 Å². The molecule has 4 heterocycles. The molecule has 0 spiro atoms. The number of nitrogens with zero attached hydrogens (tertiary/aromatic N) is 4. The normalized spacial score (nSPS) is 14.5. The van der Waals surface area contributed by atoms with Crippen LogP contribution < -0.4 is 4.90 Å². The Morgan fingerprint density at radius 3 is 2.70 bits per heavy atom. The van der Waals surface area contributed by atoms with Crippen LogP contribution in [0.1, 0.15) is 29.6 Å². The van der Waals surface area contributed by atoms with Gasteiger partial charge < -0.3 is 4.90 Å². The molecule has 0 amide bonds. The Kier molecular flexibility index (Phi) is 5.36. The fraction of sp³-hybridized carbons (Fsp3) is 0.227. The summed E-state index contributed by atoms with van der Waals surface area (Å²) in [4.78, 5) is 22.4. The lowest BCUT2D eigenvalue weighted by molar-refractivity contribution is 0.112. The van der Waals surface area contributed by atoms with E-state index >= 15 is 4.39 Å². The Balaban J connectivity index is 1.74. The number of aromatic nitrogens is 3. The second kappa shape index (κ2) is 8.14. The average molecular weight is 532 g/mol. The molecule has 5 nitrogen and oxygen atoms in total. The zero-order valence-corrected chi connectivity index (χ0v) is 19.0. The predicted octanol–water partition coefficient (Wildman–Crippen LogP) is 6.04. The fourth-order valence-electron chi connectivity index (χ4n) is 4.21. The molecule has 0 saturated carbocycles. The number of benzene rings is 1. The molecule has 0 unspecified atom stereocenters. The lowest BCUT2D eigenvalue weighted by Gasteiger charge is -2.29. The van der Waals surface area contributed by atoms with E-state index in [-0.39, 0.29) is 5.82 Å². The van der Waals surface area contributed by atoms with Crippen LogP contribution in [0.5, 0.6) is 0 Å². The van der Waals surface area contributed by atoms with Gasteiger partial charge in [-0.1, -0.05) is 0 Å². The molecule has 8 heteroatoms. The van der Waals surface area contributed by atoms with Gasteiger partial charge in [-0.05, 0) is 49.1 Å². The molecule has 0 N–H and O–H groups in total. The van der Waals surface area contributed by atoms with Gasteiger partial charge in [0.1, 0.15) is 11.3 Å². The number of anilines is 1. The number of piperidine rings is 1. The van der Waals surface area contributed by atoms with E-state index in [1.807, 2.05) is 28.4 Å².